The molecule has 3 rings (SSSR count). The van der Waals surface area contributed by atoms with E-state index in [4.69, 9.17) is 17.3 Å². The molecule has 1 amide bonds. The van der Waals surface area contributed by atoms with E-state index in [1.807, 2.05) is 49.4 Å². The first-order valence-corrected chi connectivity index (χ1v) is 9.48. The molecule has 1 atom stereocenters. The fraction of sp³-hybridized carbons (Fsp3) is 0.118. The Labute approximate surface area is 158 Å². The predicted molar refractivity (Wildman–Crippen MR) is 104 cm³/mol. The summed E-state index contributed by atoms with van der Waals surface area (Å²) >= 11 is 8.71. The molecule has 3 aromatic rings. The van der Waals surface area contributed by atoms with Gasteiger partial charge in [-0.05, 0) is 30.2 Å². The molecule has 8 heteroatoms. The van der Waals surface area contributed by atoms with Crippen LogP contribution in [0, 0.1) is 6.92 Å². The highest BCUT2D eigenvalue weighted by molar-refractivity contribution is 8.02. The van der Waals surface area contributed by atoms with Crippen LogP contribution in [0.5, 0.6) is 0 Å². The summed E-state index contributed by atoms with van der Waals surface area (Å²) in [6, 6.07) is 15.0. The third-order valence-corrected chi connectivity index (χ3v) is 5.92. The van der Waals surface area contributed by atoms with Gasteiger partial charge in [0.05, 0.1) is 0 Å². The molecule has 2 aromatic carbocycles. The number of rotatable bonds is 5. The normalized spacial score (nSPS) is 11.9. The number of aryl methyl sites for hydroxylation is 1. The number of amides is 1. The first kappa shape index (κ1) is 17.7. The fourth-order valence-electron chi connectivity index (χ4n) is 2.15. The first-order chi connectivity index (χ1) is 12.0. The van der Waals surface area contributed by atoms with Crippen LogP contribution in [0.2, 0.25) is 5.02 Å². The molecular weight excluding hydrogens is 376 g/mol. The maximum absolute atomic E-state index is 12.9. The molecule has 0 spiro atoms. The number of carbonyl (C=O) groups is 1. The zero-order valence-electron chi connectivity index (χ0n) is 13.3. The van der Waals surface area contributed by atoms with E-state index >= 15 is 0 Å². The van der Waals surface area contributed by atoms with Crippen LogP contribution in [0.25, 0.3) is 0 Å². The molecule has 0 fully saturated rings. The molecule has 0 aliphatic carbocycles. The Kier molecular flexibility index (Phi) is 5.57. The Morgan fingerprint density at radius 1 is 1.24 bits per heavy atom. The van der Waals surface area contributed by atoms with E-state index in [0.29, 0.717) is 20.2 Å². The van der Waals surface area contributed by atoms with Crippen LogP contribution in [0.15, 0.2) is 52.9 Å². The molecule has 3 N–H and O–H groups in total. The molecule has 0 saturated heterocycles. The predicted octanol–water partition coefficient (Wildman–Crippen LogP) is 4.55. The third kappa shape index (κ3) is 4.50. The van der Waals surface area contributed by atoms with Crippen molar-refractivity contribution in [3.05, 3.63) is 64.7 Å². The molecule has 0 unspecified atom stereocenters. The van der Waals surface area contributed by atoms with Gasteiger partial charge in [-0.15, -0.1) is 10.2 Å². The number of aromatic nitrogens is 2. The van der Waals surface area contributed by atoms with Crippen molar-refractivity contribution in [1.82, 2.24) is 10.2 Å². The van der Waals surface area contributed by atoms with Gasteiger partial charge in [-0.2, -0.15) is 0 Å². The number of nitrogens with two attached hydrogens (primary N) is 1. The lowest BCUT2D eigenvalue weighted by molar-refractivity contribution is -0.115. The highest BCUT2D eigenvalue weighted by Crippen LogP contribution is 2.38. The van der Waals surface area contributed by atoms with E-state index in [1.165, 1.54) is 23.1 Å². The lowest BCUT2D eigenvalue weighted by Gasteiger charge is -2.16. The number of nitrogens with one attached hydrogen (secondary N) is 1. The van der Waals surface area contributed by atoms with Gasteiger partial charge in [0, 0.05) is 10.7 Å². The molecule has 1 aromatic heterocycles. The Morgan fingerprint density at radius 3 is 2.64 bits per heavy atom. The number of benzene rings is 2. The van der Waals surface area contributed by atoms with Gasteiger partial charge >= 0.3 is 0 Å². The van der Waals surface area contributed by atoms with Gasteiger partial charge < -0.3 is 11.1 Å². The van der Waals surface area contributed by atoms with Crippen molar-refractivity contribution in [2.24, 2.45) is 0 Å². The van der Waals surface area contributed by atoms with Crippen molar-refractivity contribution in [2.75, 3.05) is 11.1 Å². The van der Waals surface area contributed by atoms with E-state index in [0.717, 1.165) is 11.1 Å². The Morgan fingerprint density at radius 2 is 2.00 bits per heavy atom. The summed E-state index contributed by atoms with van der Waals surface area (Å²) in [5.41, 5.74) is 8.12. The van der Waals surface area contributed by atoms with Gasteiger partial charge in [0.15, 0.2) is 4.34 Å². The van der Waals surface area contributed by atoms with E-state index in [1.54, 1.807) is 6.07 Å². The second-order valence-electron chi connectivity index (χ2n) is 5.27. The maximum Gasteiger partial charge on any atom is 0.242 e. The Hall–Kier alpha value is -2.09. The average molecular weight is 391 g/mol. The van der Waals surface area contributed by atoms with Crippen molar-refractivity contribution in [3.8, 4) is 0 Å². The average Bonchev–Trinajstić information content (AvgIpc) is 3.02. The molecule has 0 radical (unpaired) electrons. The first-order valence-electron chi connectivity index (χ1n) is 7.40. The van der Waals surface area contributed by atoms with Crippen molar-refractivity contribution in [3.63, 3.8) is 0 Å². The van der Waals surface area contributed by atoms with Crippen LogP contribution < -0.4 is 11.1 Å². The summed E-state index contributed by atoms with van der Waals surface area (Å²) in [6.45, 7) is 1.91. The lowest BCUT2D eigenvalue weighted by Crippen LogP contribution is -2.19. The molecule has 1 heterocycles. The SMILES string of the molecule is Cc1ccc(NC(=O)[C@@H](Sc2nnc(N)s2)c2ccccc2)cc1Cl. The van der Waals surface area contributed by atoms with E-state index < -0.39 is 5.25 Å². The number of anilines is 2. The summed E-state index contributed by atoms with van der Waals surface area (Å²) in [6.07, 6.45) is 0. The van der Waals surface area contributed by atoms with Gasteiger partial charge in [0.25, 0.3) is 0 Å². The van der Waals surface area contributed by atoms with E-state index in [2.05, 4.69) is 15.5 Å². The smallest absolute Gasteiger partial charge is 0.242 e. The van der Waals surface area contributed by atoms with Crippen LogP contribution in [0.4, 0.5) is 10.8 Å². The molecule has 0 saturated carbocycles. The molecule has 0 bridgehead atoms. The largest absolute Gasteiger partial charge is 0.374 e. The van der Waals surface area contributed by atoms with Crippen LogP contribution in [0.3, 0.4) is 0 Å². The number of hydrogen-bond donors (Lipinski definition) is 2. The Balaban J connectivity index is 1.85. The van der Waals surface area contributed by atoms with Crippen molar-refractivity contribution in [2.45, 2.75) is 16.5 Å². The number of nitrogen functional groups attached to an aromatic ring is 1. The van der Waals surface area contributed by atoms with Crippen molar-refractivity contribution < 1.29 is 4.79 Å². The van der Waals surface area contributed by atoms with E-state index in [-0.39, 0.29) is 5.91 Å². The second-order valence-corrected chi connectivity index (χ2v) is 8.04. The minimum Gasteiger partial charge on any atom is -0.374 e. The number of carbonyl (C=O) groups excluding carboxylic acids is 1. The molecule has 128 valence electrons. The van der Waals surface area contributed by atoms with Crippen molar-refractivity contribution in [1.29, 1.82) is 0 Å². The van der Waals surface area contributed by atoms with Gasteiger partial charge in [-0.1, -0.05) is 71.1 Å². The van der Waals surface area contributed by atoms with Crippen LogP contribution in [0.1, 0.15) is 16.4 Å². The zero-order valence-corrected chi connectivity index (χ0v) is 15.7. The fourth-order valence-corrected chi connectivity index (χ4v) is 4.16. The summed E-state index contributed by atoms with van der Waals surface area (Å²) in [5.74, 6) is -0.162. The second kappa shape index (κ2) is 7.86. The third-order valence-electron chi connectivity index (χ3n) is 3.42. The minimum absolute atomic E-state index is 0.162. The number of nitrogens with zero attached hydrogens (tertiary/aromatic N) is 2. The standard InChI is InChI=1S/C17H15ClN4OS2/c1-10-7-8-12(9-13(10)18)20-15(23)14(11-5-3-2-4-6-11)24-17-22-21-16(19)25-17/h2-9,14H,1H3,(H2,19,21)(H,20,23)/t14-/m0/s1. The van der Waals surface area contributed by atoms with E-state index in [9.17, 15) is 4.79 Å². The topological polar surface area (TPSA) is 80.9 Å². The molecule has 5 nitrogen and oxygen atoms in total. The summed E-state index contributed by atoms with van der Waals surface area (Å²) in [4.78, 5) is 12.9. The van der Waals surface area contributed by atoms with Gasteiger partial charge in [-0.3, -0.25) is 4.79 Å². The lowest BCUT2D eigenvalue weighted by atomic mass is 10.1. The molecule has 0 aliphatic heterocycles. The summed E-state index contributed by atoms with van der Waals surface area (Å²) in [7, 11) is 0. The Bertz CT molecular complexity index is 885. The number of halogens is 1. The quantitative estimate of drug-likeness (QED) is 0.624. The number of hydrogen-bond acceptors (Lipinski definition) is 6. The highest BCUT2D eigenvalue weighted by atomic mass is 35.5. The van der Waals surface area contributed by atoms with Crippen LogP contribution >= 0.6 is 34.7 Å². The molecular formula is C17H15ClN4OS2. The zero-order chi connectivity index (χ0) is 17.8. The summed E-state index contributed by atoms with van der Waals surface area (Å²) < 4.78 is 0.642. The monoisotopic (exact) mass is 390 g/mol. The maximum atomic E-state index is 12.9. The highest BCUT2D eigenvalue weighted by Gasteiger charge is 2.24. The summed E-state index contributed by atoms with van der Waals surface area (Å²) in [5, 5.41) is 11.2. The van der Waals surface area contributed by atoms with Gasteiger partial charge in [-0.25, -0.2) is 0 Å². The van der Waals surface area contributed by atoms with Gasteiger partial charge in [0.2, 0.25) is 11.0 Å². The van der Waals surface area contributed by atoms with Gasteiger partial charge in [0.1, 0.15) is 5.25 Å². The van der Waals surface area contributed by atoms with Crippen LogP contribution in [-0.2, 0) is 4.79 Å². The molecule has 25 heavy (non-hydrogen) atoms. The van der Waals surface area contributed by atoms with Crippen molar-refractivity contribution >= 4 is 51.4 Å². The van der Waals surface area contributed by atoms with Crippen LogP contribution in [-0.4, -0.2) is 16.1 Å². The molecule has 0 aliphatic rings. The number of thioether (sulfide) groups is 1. The minimum atomic E-state index is -0.478.